The molecule has 1 aromatic carbocycles. The molecule has 0 aliphatic rings. The number of carbonyl (C=O) groups is 1. The van der Waals surface area contributed by atoms with Crippen molar-refractivity contribution in [2.24, 2.45) is 5.73 Å². The van der Waals surface area contributed by atoms with Crippen molar-refractivity contribution in [2.45, 2.75) is 32.5 Å². The van der Waals surface area contributed by atoms with Gasteiger partial charge in [0, 0.05) is 0 Å². The molecule has 1 atom stereocenters. The second-order valence-electron chi connectivity index (χ2n) is 4.36. The summed E-state index contributed by atoms with van der Waals surface area (Å²) >= 11 is 0. The third-order valence-corrected chi connectivity index (χ3v) is 2.57. The summed E-state index contributed by atoms with van der Waals surface area (Å²) in [4.78, 5) is 10.8. The van der Waals surface area contributed by atoms with E-state index in [2.05, 4.69) is 0 Å². The van der Waals surface area contributed by atoms with E-state index in [4.69, 9.17) is 10.8 Å². The van der Waals surface area contributed by atoms with Gasteiger partial charge in [-0.2, -0.15) is 0 Å². The highest BCUT2D eigenvalue weighted by Gasteiger charge is 2.23. The first-order valence-corrected chi connectivity index (χ1v) is 5.02. The molecule has 1 aromatic rings. The van der Waals surface area contributed by atoms with Gasteiger partial charge in [-0.25, -0.2) is 4.39 Å². The fourth-order valence-electron chi connectivity index (χ4n) is 1.48. The van der Waals surface area contributed by atoms with Crippen LogP contribution in [0.25, 0.3) is 0 Å². The Hall–Kier alpha value is -1.42. The maximum Gasteiger partial charge on any atom is 0.325 e. The molecule has 88 valence electrons. The molecule has 0 saturated heterocycles. The highest BCUT2D eigenvalue weighted by molar-refractivity contribution is 5.75. The van der Waals surface area contributed by atoms with E-state index in [1.54, 1.807) is 19.1 Å². The first kappa shape index (κ1) is 12.6. The lowest BCUT2D eigenvalue weighted by Crippen LogP contribution is -2.22. The van der Waals surface area contributed by atoms with Gasteiger partial charge in [-0.05, 0) is 37.5 Å². The Morgan fingerprint density at radius 3 is 2.50 bits per heavy atom. The van der Waals surface area contributed by atoms with Gasteiger partial charge in [0.2, 0.25) is 0 Å². The van der Waals surface area contributed by atoms with Crippen LogP contribution in [0.1, 0.15) is 36.6 Å². The molecule has 0 radical (unpaired) electrons. The molecular weight excluding hydrogens is 209 g/mol. The van der Waals surface area contributed by atoms with Crippen molar-refractivity contribution >= 4 is 5.97 Å². The molecule has 3 nitrogen and oxygen atoms in total. The van der Waals surface area contributed by atoms with Gasteiger partial charge in [0.05, 0.1) is 0 Å². The van der Waals surface area contributed by atoms with Crippen LogP contribution < -0.4 is 5.73 Å². The zero-order valence-electron chi connectivity index (χ0n) is 9.62. The lowest BCUT2D eigenvalue weighted by atomic mass is 9.93. The van der Waals surface area contributed by atoms with E-state index in [9.17, 15) is 9.18 Å². The number of alkyl halides is 1. The second kappa shape index (κ2) is 4.22. The number of carboxylic acids is 1. The number of benzene rings is 1. The summed E-state index contributed by atoms with van der Waals surface area (Å²) in [6.45, 7) is 4.61. The predicted molar refractivity (Wildman–Crippen MR) is 59.9 cm³/mol. The van der Waals surface area contributed by atoms with Crippen LogP contribution in [0.4, 0.5) is 4.39 Å². The van der Waals surface area contributed by atoms with Crippen molar-refractivity contribution in [3.63, 3.8) is 0 Å². The predicted octanol–water partition coefficient (Wildman–Crippen LogP) is 2.28. The highest BCUT2D eigenvalue weighted by Crippen LogP contribution is 2.28. The van der Waals surface area contributed by atoms with Crippen LogP contribution in [0.3, 0.4) is 0 Å². The van der Waals surface area contributed by atoms with Crippen LogP contribution in [-0.2, 0) is 10.5 Å². The number of halogens is 1. The van der Waals surface area contributed by atoms with E-state index < -0.39 is 17.7 Å². The summed E-state index contributed by atoms with van der Waals surface area (Å²) in [5.41, 5.74) is 5.67. The number of aliphatic carboxylic acids is 1. The molecule has 0 aliphatic carbocycles. The normalized spacial score (nSPS) is 13.6. The van der Waals surface area contributed by atoms with Gasteiger partial charge in [-0.15, -0.1) is 0 Å². The SMILES string of the molecule is Cc1ccc(C(C)(C)F)cc1C(N)C(=O)O. The second-order valence-corrected chi connectivity index (χ2v) is 4.36. The van der Waals surface area contributed by atoms with Crippen molar-refractivity contribution in [2.75, 3.05) is 0 Å². The summed E-state index contributed by atoms with van der Waals surface area (Å²) in [6, 6.07) is 3.75. The van der Waals surface area contributed by atoms with Gasteiger partial charge < -0.3 is 10.8 Å². The smallest absolute Gasteiger partial charge is 0.325 e. The summed E-state index contributed by atoms with van der Waals surface area (Å²) in [5.74, 6) is -1.11. The Morgan fingerprint density at radius 1 is 1.50 bits per heavy atom. The summed E-state index contributed by atoms with van der Waals surface area (Å²) in [6.07, 6.45) is 0. The average Bonchev–Trinajstić information content (AvgIpc) is 2.15. The van der Waals surface area contributed by atoms with E-state index in [-0.39, 0.29) is 0 Å². The Bertz CT molecular complexity index is 410. The molecule has 0 heterocycles. The summed E-state index contributed by atoms with van der Waals surface area (Å²) in [7, 11) is 0. The highest BCUT2D eigenvalue weighted by atomic mass is 19.1. The van der Waals surface area contributed by atoms with Crippen LogP contribution >= 0.6 is 0 Å². The molecule has 1 unspecified atom stereocenters. The molecule has 0 spiro atoms. The Morgan fingerprint density at radius 2 is 2.06 bits per heavy atom. The number of hydrogen-bond acceptors (Lipinski definition) is 2. The quantitative estimate of drug-likeness (QED) is 0.829. The minimum absolute atomic E-state index is 0.435. The van der Waals surface area contributed by atoms with Gasteiger partial charge in [-0.3, -0.25) is 4.79 Å². The van der Waals surface area contributed by atoms with Crippen molar-refractivity contribution in [1.82, 2.24) is 0 Å². The van der Waals surface area contributed by atoms with E-state index >= 15 is 0 Å². The number of hydrogen-bond donors (Lipinski definition) is 2. The Labute approximate surface area is 94.1 Å². The number of nitrogens with two attached hydrogens (primary N) is 1. The zero-order chi connectivity index (χ0) is 12.5. The number of carboxylic acid groups (broad SMARTS) is 1. The van der Waals surface area contributed by atoms with Crippen LogP contribution in [0, 0.1) is 6.92 Å². The molecule has 4 heteroatoms. The van der Waals surface area contributed by atoms with E-state index in [1.807, 2.05) is 0 Å². The summed E-state index contributed by atoms with van der Waals surface area (Å²) < 4.78 is 13.7. The molecule has 0 amide bonds. The standard InChI is InChI=1S/C12H16FNO2/c1-7-4-5-8(12(2,3)13)6-9(7)10(14)11(15)16/h4-6,10H,14H2,1-3H3,(H,15,16). The zero-order valence-corrected chi connectivity index (χ0v) is 9.62. The third kappa shape index (κ3) is 2.58. The fraction of sp³-hybridized carbons (Fsp3) is 0.417. The Balaban J connectivity index is 3.24. The van der Waals surface area contributed by atoms with Crippen molar-refractivity contribution < 1.29 is 14.3 Å². The topological polar surface area (TPSA) is 63.3 Å². The summed E-state index contributed by atoms with van der Waals surface area (Å²) in [5, 5.41) is 8.83. The molecule has 0 aliphatic heterocycles. The van der Waals surface area contributed by atoms with Crippen LogP contribution in [0.5, 0.6) is 0 Å². The molecule has 0 fully saturated rings. The first-order chi connectivity index (χ1) is 7.23. The van der Waals surface area contributed by atoms with Gasteiger partial charge >= 0.3 is 5.97 Å². The van der Waals surface area contributed by atoms with Gasteiger partial charge in [0.1, 0.15) is 11.7 Å². The van der Waals surface area contributed by atoms with E-state index in [0.29, 0.717) is 11.1 Å². The Kier molecular flexibility index (Phi) is 3.33. The van der Waals surface area contributed by atoms with Crippen LogP contribution in [-0.4, -0.2) is 11.1 Å². The number of rotatable bonds is 3. The molecule has 0 bridgehead atoms. The molecule has 0 aromatic heterocycles. The maximum atomic E-state index is 13.7. The lowest BCUT2D eigenvalue weighted by Gasteiger charge is -2.18. The largest absolute Gasteiger partial charge is 0.480 e. The third-order valence-electron chi connectivity index (χ3n) is 2.57. The molecular formula is C12H16FNO2. The fourth-order valence-corrected chi connectivity index (χ4v) is 1.48. The van der Waals surface area contributed by atoms with Crippen LogP contribution in [0.2, 0.25) is 0 Å². The molecule has 1 rings (SSSR count). The molecule has 16 heavy (non-hydrogen) atoms. The van der Waals surface area contributed by atoms with Gasteiger partial charge in [0.15, 0.2) is 0 Å². The van der Waals surface area contributed by atoms with Crippen LogP contribution in [0.15, 0.2) is 18.2 Å². The van der Waals surface area contributed by atoms with Gasteiger partial charge in [0.25, 0.3) is 0 Å². The van der Waals surface area contributed by atoms with Crippen molar-refractivity contribution in [3.8, 4) is 0 Å². The molecule has 0 saturated carbocycles. The lowest BCUT2D eigenvalue weighted by molar-refractivity contribution is -0.138. The van der Waals surface area contributed by atoms with E-state index in [0.717, 1.165) is 5.56 Å². The number of aryl methyl sites for hydroxylation is 1. The maximum absolute atomic E-state index is 13.7. The molecule has 3 N–H and O–H groups in total. The van der Waals surface area contributed by atoms with Gasteiger partial charge in [-0.1, -0.05) is 18.2 Å². The van der Waals surface area contributed by atoms with E-state index in [1.165, 1.54) is 19.9 Å². The average molecular weight is 225 g/mol. The first-order valence-electron chi connectivity index (χ1n) is 5.02. The van der Waals surface area contributed by atoms with Crippen molar-refractivity contribution in [3.05, 3.63) is 34.9 Å². The monoisotopic (exact) mass is 225 g/mol. The minimum atomic E-state index is -1.50. The van der Waals surface area contributed by atoms with Crippen molar-refractivity contribution in [1.29, 1.82) is 0 Å². The minimum Gasteiger partial charge on any atom is -0.480 e.